The minimum absolute atomic E-state index is 0.00893. The van der Waals surface area contributed by atoms with Crippen LogP contribution in [0, 0.1) is 20.2 Å². The number of esters is 4. The second kappa shape index (κ2) is 46.0. The minimum atomic E-state index is -1.05. The molecule has 34 heteroatoms. The number of carbonyl (C=O) groups excluding carboxylic acids is 9. The number of carbonyl (C=O) groups is 10. The van der Waals surface area contributed by atoms with E-state index < -0.39 is 66.8 Å². The van der Waals surface area contributed by atoms with Gasteiger partial charge in [-0.3, -0.25) is 20.2 Å². The second-order valence-electron chi connectivity index (χ2n) is 33.0. The molecule has 7 N–H and O–H groups in total. The molecule has 0 saturated heterocycles. The summed E-state index contributed by atoms with van der Waals surface area (Å²) in [7, 11) is 2.50. The molecule has 0 amide bonds. The Morgan fingerprint density at radius 1 is 0.341 bits per heavy atom. The topological polar surface area (TPSA) is 438 Å². The number of hydrogen-bond donors (Lipinski definition) is 4. The predicted octanol–water partition coefficient (Wildman–Crippen LogP) is 19.1. The zero-order valence-electron chi connectivity index (χ0n) is 74.1. The smallest absolute Gasteiger partial charge is 0.338 e. The van der Waals surface area contributed by atoms with E-state index in [-0.39, 0.29) is 84.9 Å². The fraction of sp³-hybridized carbons (Fsp3) is 0.307. The first-order valence-corrected chi connectivity index (χ1v) is 45.0. The fourth-order valence-electron chi connectivity index (χ4n) is 17.4. The number of nitrogens with zero attached hydrogens (tertiary/aromatic N) is 2. The van der Waals surface area contributed by atoms with Crippen LogP contribution in [0.4, 0.5) is 28.4 Å². The van der Waals surface area contributed by atoms with Gasteiger partial charge in [0.15, 0.2) is 11.5 Å². The minimum Gasteiger partial charge on any atom is -0.490 e. The van der Waals surface area contributed by atoms with Crippen molar-refractivity contribution in [3.8, 4) is 28.7 Å². The molecule has 5 aliphatic rings. The van der Waals surface area contributed by atoms with E-state index in [0.717, 1.165) is 163 Å². The summed E-state index contributed by atoms with van der Waals surface area (Å²) in [4.78, 5) is 140. The van der Waals surface area contributed by atoms with Crippen LogP contribution >= 0.6 is 58.0 Å². The Labute approximate surface area is 802 Å². The van der Waals surface area contributed by atoms with Crippen LogP contribution in [0.2, 0.25) is 25.1 Å². The lowest BCUT2D eigenvalue weighted by molar-refractivity contribution is -0.386. The molecule has 0 fully saturated rings. The van der Waals surface area contributed by atoms with Gasteiger partial charge in [-0.1, -0.05) is 88.3 Å². The molecular formula is C101H98Cl5N5O24. The van der Waals surface area contributed by atoms with E-state index in [2.05, 4.69) is 9.47 Å². The number of nitrogens with two attached hydrogens (primary N) is 3. The Morgan fingerprint density at radius 2 is 0.563 bits per heavy atom. The number of nitro benzene ring substituents is 2. The van der Waals surface area contributed by atoms with Gasteiger partial charge < -0.3 is 88.9 Å². The Balaban J connectivity index is 0.000000162. The highest BCUT2D eigenvalue weighted by atomic mass is 35.5. The number of fused-ring (bicyclic) bond motifs is 5. The molecule has 10 aromatic carbocycles. The molecule has 0 aliphatic heterocycles. The number of nitro groups is 2. The van der Waals surface area contributed by atoms with Crippen molar-refractivity contribution in [2.45, 2.75) is 137 Å². The number of aldehydes is 5. The SMILES string of the molecule is CCOC(=O)c1ccc(OC[C@@]2(C=O)CCCc3cc(Cl)ccc32)c(N)c1.CCOC(=O)c1ccc(OC[C@@]2(C=O)CCCc3cc(Cl)ccc32)c([N+](=O)[O-])c1.COC(=O)c1ccc(OC[C@@]2(C=O)CCCc3cc(Cl)ccc32)c(N)c1.COC(=O)c1ccc(OC[C@@]2(C=O)CCCc3cc(Cl)ccc32)c([N+](=O)[O-])c1.Nc1cc(C(=O)O)ccc1OC[C@@]1(C=O)CCCc2cc(Cl)ccc21. The molecule has 10 aromatic rings. The van der Waals surface area contributed by atoms with E-state index in [1.54, 1.807) is 68.4 Å². The third-order valence-electron chi connectivity index (χ3n) is 24.4. The van der Waals surface area contributed by atoms with Crippen molar-refractivity contribution in [1.29, 1.82) is 0 Å². The lowest BCUT2D eigenvalue weighted by Crippen LogP contribution is -2.38. The Morgan fingerprint density at radius 3 is 0.793 bits per heavy atom. The monoisotopic (exact) mass is 1940 g/mol. The van der Waals surface area contributed by atoms with Gasteiger partial charge in [-0.15, -0.1) is 0 Å². The number of carboxylic acids is 1. The molecular weight excluding hydrogens is 1840 g/mol. The third-order valence-corrected chi connectivity index (χ3v) is 25.5. The van der Waals surface area contributed by atoms with E-state index in [9.17, 15) is 68.2 Å². The zero-order valence-corrected chi connectivity index (χ0v) is 77.9. The lowest BCUT2D eigenvalue weighted by Gasteiger charge is -2.34. The van der Waals surface area contributed by atoms with Crippen molar-refractivity contribution < 1.29 is 106 Å². The number of rotatable bonds is 29. The summed E-state index contributed by atoms with van der Waals surface area (Å²) in [6.45, 7) is 4.24. The van der Waals surface area contributed by atoms with Gasteiger partial charge in [0.1, 0.15) is 81.7 Å². The van der Waals surface area contributed by atoms with Crippen LogP contribution < -0.4 is 40.9 Å². The quantitative estimate of drug-likeness (QED) is 0.00844. The summed E-state index contributed by atoms with van der Waals surface area (Å²) in [6, 6.07) is 49.0. The largest absolute Gasteiger partial charge is 0.490 e. The first-order valence-electron chi connectivity index (χ1n) is 43.1. The maximum Gasteiger partial charge on any atom is 0.338 e. The average molecular weight is 1940 g/mol. The molecule has 15 rings (SSSR count). The highest BCUT2D eigenvalue weighted by Gasteiger charge is 2.44. The molecule has 29 nitrogen and oxygen atoms in total. The van der Waals surface area contributed by atoms with Crippen molar-refractivity contribution in [3.05, 3.63) is 311 Å². The van der Waals surface area contributed by atoms with Crippen molar-refractivity contribution in [2.24, 2.45) is 0 Å². The molecule has 706 valence electrons. The Bertz CT molecular complexity index is 6160. The van der Waals surface area contributed by atoms with Crippen molar-refractivity contribution in [1.82, 2.24) is 0 Å². The highest BCUT2D eigenvalue weighted by molar-refractivity contribution is 6.32. The van der Waals surface area contributed by atoms with Crippen molar-refractivity contribution >= 4 is 148 Å². The maximum atomic E-state index is 12.1. The van der Waals surface area contributed by atoms with Crippen LogP contribution in [0.1, 0.15) is 185 Å². The first-order chi connectivity index (χ1) is 64.7. The van der Waals surface area contributed by atoms with Gasteiger partial charge in [-0.25, -0.2) is 24.0 Å². The van der Waals surface area contributed by atoms with Gasteiger partial charge in [0, 0.05) is 37.2 Å². The van der Waals surface area contributed by atoms with Gasteiger partial charge in [0.05, 0.1) is 109 Å². The van der Waals surface area contributed by atoms with Crippen LogP contribution in [-0.2, 0) is 102 Å². The third kappa shape index (κ3) is 24.2. The van der Waals surface area contributed by atoms with E-state index in [4.69, 9.17) is 113 Å². The van der Waals surface area contributed by atoms with Crippen LogP contribution in [0.3, 0.4) is 0 Å². The van der Waals surface area contributed by atoms with Crippen LogP contribution in [0.25, 0.3) is 0 Å². The van der Waals surface area contributed by atoms with Crippen LogP contribution in [0.15, 0.2) is 182 Å². The molecule has 0 saturated carbocycles. The van der Waals surface area contributed by atoms with Gasteiger partial charge >= 0.3 is 41.2 Å². The van der Waals surface area contributed by atoms with Crippen LogP contribution in [0.5, 0.6) is 28.7 Å². The number of nitrogen functional groups attached to an aromatic ring is 3. The summed E-state index contributed by atoms with van der Waals surface area (Å²) in [5, 5.41) is 35.0. The number of aryl methyl sites for hydroxylation is 5. The average Bonchev–Trinajstić information content (AvgIpc) is 0.790. The van der Waals surface area contributed by atoms with E-state index in [1.807, 2.05) is 60.7 Å². The highest BCUT2D eigenvalue weighted by Crippen LogP contribution is 2.46. The van der Waals surface area contributed by atoms with E-state index >= 15 is 0 Å². The predicted molar refractivity (Wildman–Crippen MR) is 508 cm³/mol. The number of carboxylic acid groups (broad SMARTS) is 1. The molecule has 0 unspecified atom stereocenters. The summed E-state index contributed by atoms with van der Waals surface area (Å²) >= 11 is 30.4. The molecule has 5 atom stereocenters. The number of aromatic carboxylic acids is 1. The first kappa shape index (κ1) is 102. The molecule has 0 spiro atoms. The lowest BCUT2D eigenvalue weighted by atomic mass is 9.71. The van der Waals surface area contributed by atoms with Gasteiger partial charge in [-0.2, -0.15) is 0 Å². The molecule has 0 aromatic heterocycles. The van der Waals surface area contributed by atoms with Gasteiger partial charge in [-0.05, 0) is 305 Å². The Hall–Kier alpha value is -13.5. The summed E-state index contributed by atoms with van der Waals surface area (Å²) in [5.41, 5.74) is 24.6. The summed E-state index contributed by atoms with van der Waals surface area (Å²) < 4.78 is 48.2. The standard InChI is InChI=1S/C21H20ClNO6.C21H22ClNO4.C20H18ClNO6.C20H20ClNO4.C19H18ClNO4/c1-2-28-20(25)15-5-8-19(18(11-15)23(26)27)29-13-21(12-24)9-3-4-14-10-16(22)6-7-17(14)21;1-2-26-20(25)15-5-8-19(18(23)11-15)27-13-21(12-24)9-3-4-14-10-16(22)6-7-17(14)21;1-27-19(24)14-4-7-18(17(10-14)22(25)26)28-12-20(11-23)8-2-3-13-9-15(21)5-6-16(13)20;1-25-19(24)14-4-7-18(17(22)10-14)26-12-20(11-23)8-2-3-13-9-15(21)5-6-16(13)20;20-14-4-5-15-12(8-14)2-1-7-19(15,10-22)11-25-17-6-3-13(18(23)24)9-16(17)21/h5-8,10-12H,2-4,9,13H2,1H3;5-8,10-12H,2-4,9,13,23H2,1H3;4-7,9-11H,2-3,8,12H2,1H3;4-7,9-11H,2-3,8,12,22H2,1H3;3-6,8-10H,1-2,7,11,21H2,(H,23,24)/t2*21-;2*20-;19-/m00000/s1. The number of anilines is 3. The normalized spacial score (nSPS) is 18.4. The summed E-state index contributed by atoms with van der Waals surface area (Å²) in [6.07, 6.45) is 16.2. The van der Waals surface area contributed by atoms with Crippen molar-refractivity contribution in [2.75, 3.05) is 77.7 Å². The number of hydrogen-bond acceptors (Lipinski definition) is 26. The fourth-order valence-corrected chi connectivity index (χ4v) is 18.4. The summed E-state index contributed by atoms with van der Waals surface area (Å²) in [5.74, 6) is -2.07. The van der Waals surface area contributed by atoms with Gasteiger partial charge in [0.2, 0.25) is 0 Å². The molecule has 135 heavy (non-hydrogen) atoms. The van der Waals surface area contributed by atoms with E-state index in [0.29, 0.717) is 104 Å². The Kier molecular flexibility index (Phi) is 34.8. The number of ether oxygens (including phenoxy) is 9. The molecule has 5 aliphatic carbocycles. The molecule has 0 radical (unpaired) electrons. The zero-order chi connectivity index (χ0) is 97.5. The number of methoxy groups -OCH3 is 2. The molecule has 0 bridgehead atoms. The molecule has 0 heterocycles. The van der Waals surface area contributed by atoms with Crippen molar-refractivity contribution in [3.63, 3.8) is 0 Å². The number of benzene rings is 10. The van der Waals surface area contributed by atoms with E-state index in [1.165, 1.54) is 68.8 Å². The maximum absolute atomic E-state index is 12.1. The van der Waals surface area contributed by atoms with Crippen LogP contribution in [-0.4, -0.2) is 137 Å². The van der Waals surface area contributed by atoms with Gasteiger partial charge in [0.25, 0.3) is 0 Å². The second-order valence-corrected chi connectivity index (χ2v) is 35.1. The number of halogens is 5.